The average molecular weight is 273 g/mol. The van der Waals surface area contributed by atoms with Crippen molar-refractivity contribution in [1.29, 1.82) is 0 Å². The van der Waals surface area contributed by atoms with Crippen molar-refractivity contribution in [3.05, 3.63) is 29.3 Å². The first-order chi connectivity index (χ1) is 9.63. The molecule has 0 heterocycles. The monoisotopic (exact) mass is 273 g/mol. The van der Waals surface area contributed by atoms with Gasteiger partial charge in [0.05, 0.1) is 6.10 Å². The van der Waals surface area contributed by atoms with Crippen molar-refractivity contribution in [2.75, 3.05) is 0 Å². The Balaban J connectivity index is 1.70. The summed E-state index contributed by atoms with van der Waals surface area (Å²) in [6.45, 7) is 4.71. The van der Waals surface area contributed by atoms with Gasteiger partial charge >= 0.3 is 0 Å². The van der Waals surface area contributed by atoms with Crippen LogP contribution in [0.2, 0.25) is 0 Å². The second kappa shape index (κ2) is 5.77. The van der Waals surface area contributed by atoms with E-state index in [9.17, 15) is 0 Å². The van der Waals surface area contributed by atoms with Crippen LogP contribution in [-0.2, 0) is 6.42 Å². The topological polar surface area (TPSA) is 35.2 Å². The zero-order valence-electron chi connectivity index (χ0n) is 12.8. The van der Waals surface area contributed by atoms with Crippen molar-refractivity contribution in [2.45, 2.75) is 64.5 Å². The predicted octanol–water partition coefficient (Wildman–Crippen LogP) is 4.23. The van der Waals surface area contributed by atoms with Crippen molar-refractivity contribution in [3.8, 4) is 5.75 Å². The van der Waals surface area contributed by atoms with Crippen LogP contribution in [0.3, 0.4) is 0 Å². The molecule has 0 amide bonds. The van der Waals surface area contributed by atoms with Crippen LogP contribution in [0, 0.1) is 11.8 Å². The van der Waals surface area contributed by atoms with E-state index in [1.54, 1.807) is 0 Å². The SMILES string of the molecule is CC1CCC(Oc2ccc3c(c2)[C@@H](N)CCC3)CC1C. The molecule has 0 radical (unpaired) electrons. The van der Waals surface area contributed by atoms with Gasteiger partial charge in [-0.15, -0.1) is 0 Å². The van der Waals surface area contributed by atoms with Gasteiger partial charge in [0, 0.05) is 6.04 Å². The second-order valence-electron chi connectivity index (χ2n) is 6.87. The summed E-state index contributed by atoms with van der Waals surface area (Å²) < 4.78 is 6.23. The molecule has 4 atom stereocenters. The highest BCUT2D eigenvalue weighted by molar-refractivity contribution is 5.39. The molecule has 1 aromatic rings. The zero-order chi connectivity index (χ0) is 14.1. The Morgan fingerprint density at radius 3 is 2.75 bits per heavy atom. The van der Waals surface area contributed by atoms with Crippen molar-refractivity contribution < 1.29 is 4.74 Å². The maximum Gasteiger partial charge on any atom is 0.120 e. The molecule has 0 aliphatic heterocycles. The molecule has 2 heteroatoms. The van der Waals surface area contributed by atoms with E-state index in [4.69, 9.17) is 10.5 Å². The molecule has 1 saturated carbocycles. The lowest BCUT2D eigenvalue weighted by atomic mass is 9.80. The van der Waals surface area contributed by atoms with Crippen molar-refractivity contribution in [2.24, 2.45) is 17.6 Å². The van der Waals surface area contributed by atoms with E-state index in [-0.39, 0.29) is 6.04 Å². The normalized spacial score (nSPS) is 33.5. The predicted molar refractivity (Wildman–Crippen MR) is 82.9 cm³/mol. The number of nitrogens with two attached hydrogens (primary N) is 1. The summed E-state index contributed by atoms with van der Waals surface area (Å²) in [7, 11) is 0. The molecule has 110 valence electrons. The molecule has 0 saturated heterocycles. The number of hydrogen-bond donors (Lipinski definition) is 1. The van der Waals surface area contributed by atoms with Gasteiger partial charge in [-0.25, -0.2) is 0 Å². The summed E-state index contributed by atoms with van der Waals surface area (Å²) in [5.41, 5.74) is 8.96. The van der Waals surface area contributed by atoms with E-state index in [0.717, 1.165) is 24.0 Å². The van der Waals surface area contributed by atoms with E-state index >= 15 is 0 Å². The van der Waals surface area contributed by atoms with Crippen LogP contribution >= 0.6 is 0 Å². The van der Waals surface area contributed by atoms with E-state index in [1.165, 1.54) is 43.2 Å². The van der Waals surface area contributed by atoms with Gasteiger partial charge in [-0.2, -0.15) is 0 Å². The number of benzene rings is 1. The maximum absolute atomic E-state index is 6.23. The molecule has 1 aromatic carbocycles. The minimum Gasteiger partial charge on any atom is -0.490 e. The first-order valence-corrected chi connectivity index (χ1v) is 8.18. The minimum absolute atomic E-state index is 0.201. The van der Waals surface area contributed by atoms with Gasteiger partial charge in [-0.1, -0.05) is 19.9 Å². The smallest absolute Gasteiger partial charge is 0.120 e. The third kappa shape index (κ3) is 2.85. The lowest BCUT2D eigenvalue weighted by Crippen LogP contribution is -2.29. The van der Waals surface area contributed by atoms with Gasteiger partial charge in [0.1, 0.15) is 5.75 Å². The maximum atomic E-state index is 6.23. The Morgan fingerprint density at radius 1 is 1.10 bits per heavy atom. The molecular formula is C18H27NO. The second-order valence-corrected chi connectivity index (χ2v) is 6.87. The summed E-state index contributed by atoms with van der Waals surface area (Å²) >= 11 is 0. The molecule has 2 aliphatic carbocycles. The average Bonchev–Trinajstić information content (AvgIpc) is 2.44. The van der Waals surface area contributed by atoms with Gasteiger partial charge in [-0.05, 0) is 73.6 Å². The Labute approximate surface area is 122 Å². The summed E-state index contributed by atoms with van der Waals surface area (Å²) in [4.78, 5) is 0. The summed E-state index contributed by atoms with van der Waals surface area (Å²) in [6, 6.07) is 6.76. The van der Waals surface area contributed by atoms with E-state index in [2.05, 4.69) is 32.0 Å². The molecule has 2 N–H and O–H groups in total. The minimum atomic E-state index is 0.201. The van der Waals surface area contributed by atoms with Gasteiger partial charge in [-0.3, -0.25) is 0 Å². The quantitative estimate of drug-likeness (QED) is 0.875. The van der Waals surface area contributed by atoms with Crippen LogP contribution in [0.25, 0.3) is 0 Å². The van der Waals surface area contributed by atoms with Crippen LogP contribution < -0.4 is 10.5 Å². The lowest BCUT2D eigenvalue weighted by molar-refractivity contribution is 0.100. The van der Waals surface area contributed by atoms with Crippen molar-refractivity contribution in [3.63, 3.8) is 0 Å². The largest absolute Gasteiger partial charge is 0.490 e. The van der Waals surface area contributed by atoms with Crippen molar-refractivity contribution >= 4 is 0 Å². The van der Waals surface area contributed by atoms with Gasteiger partial charge < -0.3 is 10.5 Å². The Morgan fingerprint density at radius 2 is 1.95 bits per heavy atom. The van der Waals surface area contributed by atoms with Crippen LogP contribution in [0.15, 0.2) is 18.2 Å². The standard InChI is InChI=1S/C18H27NO/c1-12-6-8-15(10-13(12)2)20-16-9-7-14-4-3-5-18(19)17(14)11-16/h7,9,11-13,15,18H,3-6,8,10,19H2,1-2H3/t12?,13?,15?,18-/m0/s1. The summed E-state index contributed by atoms with van der Waals surface area (Å²) in [6.07, 6.45) is 7.54. The van der Waals surface area contributed by atoms with Crippen LogP contribution in [0.5, 0.6) is 5.75 Å². The van der Waals surface area contributed by atoms with Crippen molar-refractivity contribution in [1.82, 2.24) is 0 Å². The molecule has 1 fully saturated rings. The molecule has 0 bridgehead atoms. The molecule has 20 heavy (non-hydrogen) atoms. The highest BCUT2D eigenvalue weighted by atomic mass is 16.5. The first kappa shape index (κ1) is 13.9. The Bertz CT molecular complexity index is 470. The molecule has 2 nitrogen and oxygen atoms in total. The van der Waals surface area contributed by atoms with E-state index in [1.807, 2.05) is 0 Å². The third-order valence-corrected chi connectivity index (χ3v) is 5.33. The van der Waals surface area contributed by atoms with Gasteiger partial charge in [0.2, 0.25) is 0 Å². The number of ether oxygens (including phenoxy) is 1. The van der Waals surface area contributed by atoms with Crippen LogP contribution in [0.1, 0.15) is 63.1 Å². The molecule has 3 unspecified atom stereocenters. The lowest BCUT2D eigenvalue weighted by Gasteiger charge is -2.32. The third-order valence-electron chi connectivity index (χ3n) is 5.33. The molecule has 0 spiro atoms. The van der Waals surface area contributed by atoms with Crippen LogP contribution in [0.4, 0.5) is 0 Å². The number of hydrogen-bond acceptors (Lipinski definition) is 2. The summed E-state index contributed by atoms with van der Waals surface area (Å²) in [5, 5.41) is 0. The number of rotatable bonds is 2. The molecular weight excluding hydrogens is 246 g/mol. The van der Waals surface area contributed by atoms with Gasteiger partial charge in [0.15, 0.2) is 0 Å². The first-order valence-electron chi connectivity index (χ1n) is 8.18. The van der Waals surface area contributed by atoms with E-state index in [0.29, 0.717) is 6.10 Å². The van der Waals surface area contributed by atoms with Gasteiger partial charge in [0.25, 0.3) is 0 Å². The van der Waals surface area contributed by atoms with E-state index < -0.39 is 0 Å². The number of fused-ring (bicyclic) bond motifs is 1. The summed E-state index contributed by atoms with van der Waals surface area (Å²) in [5.74, 6) is 2.63. The highest BCUT2D eigenvalue weighted by Crippen LogP contribution is 2.34. The molecule has 2 aliphatic rings. The molecule has 0 aromatic heterocycles. The number of aryl methyl sites for hydroxylation is 1. The fraction of sp³-hybridized carbons (Fsp3) is 0.667. The highest BCUT2D eigenvalue weighted by Gasteiger charge is 2.26. The Hall–Kier alpha value is -1.02. The fourth-order valence-electron chi connectivity index (χ4n) is 3.68. The molecule has 3 rings (SSSR count). The fourth-order valence-corrected chi connectivity index (χ4v) is 3.68. The van der Waals surface area contributed by atoms with Crippen LogP contribution in [-0.4, -0.2) is 6.10 Å². The Kier molecular flexibility index (Phi) is 4.02. The zero-order valence-corrected chi connectivity index (χ0v) is 12.8.